The number of nitrogens with one attached hydrogen (secondary N) is 1. The summed E-state index contributed by atoms with van der Waals surface area (Å²) in [5, 5.41) is 2.78. The summed E-state index contributed by atoms with van der Waals surface area (Å²) in [5.41, 5.74) is -0.563. The molecule has 128 valence electrons. The normalized spacial score (nSPS) is 21.9. The molecule has 3 atom stereocenters. The second-order valence-corrected chi connectivity index (χ2v) is 7.54. The maximum Gasteiger partial charge on any atom is 0.408 e. The Hall–Kier alpha value is -1.26. The zero-order valence-corrected chi connectivity index (χ0v) is 14.9. The Morgan fingerprint density at radius 2 is 2.00 bits per heavy atom. The van der Waals surface area contributed by atoms with Crippen LogP contribution in [0, 0.1) is 11.8 Å². The highest BCUT2D eigenvalue weighted by Crippen LogP contribution is 2.19. The molecule has 0 radical (unpaired) electrons. The van der Waals surface area contributed by atoms with Crippen molar-refractivity contribution in [3.63, 3.8) is 0 Å². The van der Waals surface area contributed by atoms with Crippen LogP contribution in [0.4, 0.5) is 4.79 Å². The van der Waals surface area contributed by atoms with E-state index in [1.54, 1.807) is 0 Å². The molecule has 1 N–H and O–H groups in total. The van der Waals surface area contributed by atoms with Crippen LogP contribution in [0.3, 0.4) is 0 Å². The number of rotatable bonds is 4. The molecule has 1 aliphatic heterocycles. The minimum absolute atomic E-state index is 0.0201. The fourth-order valence-electron chi connectivity index (χ4n) is 2.70. The quantitative estimate of drug-likeness (QED) is 0.867. The van der Waals surface area contributed by atoms with Gasteiger partial charge in [-0.05, 0) is 45.4 Å². The molecular formula is C17H32N2O3. The van der Waals surface area contributed by atoms with Gasteiger partial charge in [0.15, 0.2) is 0 Å². The molecule has 22 heavy (non-hydrogen) atoms. The van der Waals surface area contributed by atoms with E-state index in [9.17, 15) is 9.59 Å². The topological polar surface area (TPSA) is 58.6 Å². The minimum atomic E-state index is -0.563. The average molecular weight is 312 g/mol. The van der Waals surface area contributed by atoms with Crippen molar-refractivity contribution in [3.8, 4) is 0 Å². The maximum atomic E-state index is 12.8. The summed E-state index contributed by atoms with van der Waals surface area (Å²) in [4.78, 5) is 26.7. The van der Waals surface area contributed by atoms with Crippen molar-refractivity contribution in [3.05, 3.63) is 0 Å². The molecule has 0 aromatic rings. The third-order valence-electron chi connectivity index (χ3n) is 4.12. The summed E-state index contributed by atoms with van der Waals surface area (Å²) in [7, 11) is 0. The molecule has 1 rings (SSSR count). The first kappa shape index (κ1) is 18.8. The van der Waals surface area contributed by atoms with Gasteiger partial charge in [-0.3, -0.25) is 4.79 Å². The maximum absolute atomic E-state index is 12.8. The summed E-state index contributed by atoms with van der Waals surface area (Å²) in [6.45, 7) is 13.2. The Morgan fingerprint density at radius 1 is 1.36 bits per heavy atom. The van der Waals surface area contributed by atoms with Crippen LogP contribution in [-0.4, -0.2) is 41.6 Å². The molecule has 1 saturated heterocycles. The standard InChI is InChI=1S/C17H32N2O3/c1-7-13(3)14(18-16(21)22-17(4,5)6)15(20)19-10-8-9-12(2)11-19/h12-14H,7-11H2,1-6H3,(H,18,21)/t12?,13?,14-/m0/s1. The summed E-state index contributed by atoms with van der Waals surface area (Å²) in [6, 6.07) is -0.509. The number of alkyl carbamates (subject to hydrolysis) is 1. The van der Waals surface area contributed by atoms with Gasteiger partial charge in [0.2, 0.25) is 5.91 Å². The molecular weight excluding hydrogens is 280 g/mol. The van der Waals surface area contributed by atoms with Crippen molar-refractivity contribution in [2.75, 3.05) is 13.1 Å². The van der Waals surface area contributed by atoms with Crippen LogP contribution < -0.4 is 5.32 Å². The number of likely N-dealkylation sites (tertiary alicyclic amines) is 1. The lowest BCUT2D eigenvalue weighted by Gasteiger charge is -2.35. The van der Waals surface area contributed by atoms with E-state index in [0.29, 0.717) is 5.92 Å². The van der Waals surface area contributed by atoms with E-state index in [1.807, 2.05) is 39.5 Å². The van der Waals surface area contributed by atoms with Gasteiger partial charge in [0.1, 0.15) is 11.6 Å². The Kier molecular flexibility index (Phi) is 6.69. The van der Waals surface area contributed by atoms with Crippen LogP contribution >= 0.6 is 0 Å². The molecule has 1 aliphatic rings. The fraction of sp³-hybridized carbons (Fsp3) is 0.882. The van der Waals surface area contributed by atoms with E-state index in [-0.39, 0.29) is 11.8 Å². The first-order valence-corrected chi connectivity index (χ1v) is 8.42. The lowest BCUT2D eigenvalue weighted by molar-refractivity contribution is -0.136. The Morgan fingerprint density at radius 3 is 2.50 bits per heavy atom. The zero-order valence-electron chi connectivity index (χ0n) is 14.9. The minimum Gasteiger partial charge on any atom is -0.444 e. The number of hydrogen-bond acceptors (Lipinski definition) is 3. The number of hydrogen-bond donors (Lipinski definition) is 1. The molecule has 5 nitrogen and oxygen atoms in total. The zero-order chi connectivity index (χ0) is 16.9. The number of carbonyl (C=O) groups excluding carboxylic acids is 2. The molecule has 0 aromatic carbocycles. The Balaban J connectivity index is 2.75. The average Bonchev–Trinajstić information content (AvgIpc) is 2.41. The van der Waals surface area contributed by atoms with Gasteiger partial charge in [0.25, 0.3) is 0 Å². The molecule has 0 spiro atoms. The summed E-state index contributed by atoms with van der Waals surface area (Å²) >= 11 is 0. The molecule has 0 aliphatic carbocycles. The van der Waals surface area contributed by atoms with Gasteiger partial charge < -0.3 is 15.0 Å². The summed E-state index contributed by atoms with van der Waals surface area (Å²) < 4.78 is 5.30. The lowest BCUT2D eigenvalue weighted by atomic mass is 9.95. The van der Waals surface area contributed by atoms with Gasteiger partial charge in [-0.15, -0.1) is 0 Å². The van der Waals surface area contributed by atoms with Crippen molar-refractivity contribution >= 4 is 12.0 Å². The van der Waals surface area contributed by atoms with E-state index in [2.05, 4.69) is 12.2 Å². The first-order valence-electron chi connectivity index (χ1n) is 8.42. The number of piperidine rings is 1. The molecule has 2 unspecified atom stereocenters. The van der Waals surface area contributed by atoms with Crippen LogP contribution in [0.5, 0.6) is 0 Å². The van der Waals surface area contributed by atoms with E-state index < -0.39 is 17.7 Å². The Bertz CT molecular complexity index is 390. The smallest absolute Gasteiger partial charge is 0.408 e. The molecule has 0 aromatic heterocycles. The van der Waals surface area contributed by atoms with Crippen molar-refractivity contribution < 1.29 is 14.3 Å². The molecule has 0 saturated carbocycles. The highest BCUT2D eigenvalue weighted by molar-refractivity contribution is 5.86. The fourth-order valence-corrected chi connectivity index (χ4v) is 2.70. The van der Waals surface area contributed by atoms with Crippen LogP contribution in [0.25, 0.3) is 0 Å². The largest absolute Gasteiger partial charge is 0.444 e. The van der Waals surface area contributed by atoms with Crippen molar-refractivity contribution in [2.24, 2.45) is 11.8 Å². The highest BCUT2D eigenvalue weighted by atomic mass is 16.6. The van der Waals surface area contributed by atoms with E-state index in [0.717, 1.165) is 32.4 Å². The Labute approximate surface area is 134 Å². The molecule has 5 heteroatoms. The third-order valence-corrected chi connectivity index (χ3v) is 4.12. The SMILES string of the molecule is CCC(C)[C@H](NC(=O)OC(C)(C)C)C(=O)N1CCCC(C)C1. The molecule has 1 heterocycles. The number of amides is 2. The lowest BCUT2D eigenvalue weighted by Crippen LogP contribution is -2.54. The summed E-state index contributed by atoms with van der Waals surface area (Å²) in [5.74, 6) is 0.626. The first-order chi connectivity index (χ1) is 10.1. The van der Waals surface area contributed by atoms with Gasteiger partial charge >= 0.3 is 6.09 Å². The van der Waals surface area contributed by atoms with Crippen molar-refractivity contribution in [1.82, 2.24) is 10.2 Å². The van der Waals surface area contributed by atoms with Crippen LogP contribution in [0.1, 0.15) is 60.8 Å². The van der Waals surface area contributed by atoms with Crippen molar-refractivity contribution in [1.29, 1.82) is 0 Å². The van der Waals surface area contributed by atoms with Crippen molar-refractivity contribution in [2.45, 2.75) is 72.4 Å². The van der Waals surface area contributed by atoms with Gasteiger partial charge in [-0.1, -0.05) is 27.2 Å². The van der Waals surface area contributed by atoms with Gasteiger partial charge in [0, 0.05) is 13.1 Å². The van der Waals surface area contributed by atoms with Crippen LogP contribution in [0.2, 0.25) is 0 Å². The molecule has 2 amide bonds. The second kappa shape index (κ2) is 7.84. The molecule has 0 bridgehead atoms. The predicted molar refractivity (Wildman–Crippen MR) is 87.6 cm³/mol. The van der Waals surface area contributed by atoms with Crippen LogP contribution in [-0.2, 0) is 9.53 Å². The third kappa shape index (κ3) is 5.85. The van der Waals surface area contributed by atoms with E-state index >= 15 is 0 Å². The van der Waals surface area contributed by atoms with Gasteiger partial charge in [-0.2, -0.15) is 0 Å². The molecule has 1 fully saturated rings. The predicted octanol–water partition coefficient (Wildman–Crippen LogP) is 3.18. The monoisotopic (exact) mass is 312 g/mol. The van der Waals surface area contributed by atoms with Gasteiger partial charge in [0.05, 0.1) is 0 Å². The number of ether oxygens (including phenoxy) is 1. The van der Waals surface area contributed by atoms with E-state index in [1.165, 1.54) is 0 Å². The summed E-state index contributed by atoms with van der Waals surface area (Å²) in [6.07, 6.45) is 2.51. The van der Waals surface area contributed by atoms with E-state index in [4.69, 9.17) is 4.74 Å². The number of carbonyl (C=O) groups is 2. The van der Waals surface area contributed by atoms with Gasteiger partial charge in [-0.25, -0.2) is 4.79 Å². The number of nitrogens with zero attached hydrogens (tertiary/aromatic N) is 1. The highest BCUT2D eigenvalue weighted by Gasteiger charge is 2.33. The van der Waals surface area contributed by atoms with Crippen LogP contribution in [0.15, 0.2) is 0 Å². The second-order valence-electron chi connectivity index (χ2n) is 7.54.